The van der Waals surface area contributed by atoms with E-state index in [9.17, 15) is 5.11 Å². The molecule has 0 radical (unpaired) electrons. The van der Waals surface area contributed by atoms with Crippen LogP contribution in [-0.2, 0) is 6.42 Å². The first kappa shape index (κ1) is 18.1. The van der Waals surface area contributed by atoms with Gasteiger partial charge >= 0.3 is 0 Å². The molecule has 1 heterocycles. The number of hydrogen-bond donors (Lipinski definition) is 4. The molecule has 29 heavy (non-hydrogen) atoms. The summed E-state index contributed by atoms with van der Waals surface area (Å²) in [5.74, 6) is 0.760. The minimum absolute atomic E-state index is 0.0390. The highest BCUT2D eigenvalue weighted by atomic mass is 35.5. The second-order valence-electron chi connectivity index (χ2n) is 7.92. The first-order chi connectivity index (χ1) is 14.0. The summed E-state index contributed by atoms with van der Waals surface area (Å²) >= 11 is 6.54. The molecule has 4 nitrogen and oxygen atoms in total. The molecule has 5 N–H and O–H groups in total. The third-order valence-corrected chi connectivity index (χ3v) is 6.65. The fraction of sp³-hybridized carbons (Fsp3) is 0.208. The van der Waals surface area contributed by atoms with Gasteiger partial charge in [0.25, 0.3) is 0 Å². The molecule has 0 fully saturated rings. The summed E-state index contributed by atoms with van der Waals surface area (Å²) in [5, 5.41) is 21.9. The number of nitrogens with one attached hydrogen (secondary N) is 2. The minimum atomic E-state index is 0.0390. The lowest BCUT2D eigenvalue weighted by atomic mass is 9.65. The van der Waals surface area contributed by atoms with E-state index in [1.165, 1.54) is 16.7 Å². The maximum Gasteiger partial charge on any atom is 0.122 e. The Labute approximate surface area is 174 Å². The first-order valence-corrected chi connectivity index (χ1v) is 10.2. The number of anilines is 1. The lowest BCUT2D eigenvalue weighted by Gasteiger charge is -2.45. The van der Waals surface area contributed by atoms with Crippen LogP contribution in [0.25, 0.3) is 0 Å². The van der Waals surface area contributed by atoms with E-state index in [0.717, 1.165) is 29.7 Å². The van der Waals surface area contributed by atoms with Gasteiger partial charge in [-0.1, -0.05) is 41.9 Å². The highest BCUT2D eigenvalue weighted by Gasteiger charge is 2.41. The number of amidine groups is 1. The maximum atomic E-state index is 9.80. The van der Waals surface area contributed by atoms with Gasteiger partial charge in [0, 0.05) is 22.2 Å². The smallest absolute Gasteiger partial charge is 0.122 e. The number of phenolic OH excluding ortho intramolecular Hbond substituents is 1. The van der Waals surface area contributed by atoms with E-state index in [1.54, 1.807) is 12.1 Å². The predicted molar refractivity (Wildman–Crippen MR) is 117 cm³/mol. The standard InChI is InChI=1S/C24H22ClN3O/c25-20-12-15(29)7-9-17(20)23-18-8-5-13-3-1-2-4-16(13)22(18)19-11-14(24(26)27)6-10-21(19)28-23/h1-4,6-7,9-12,18,22-23,28-29H,5,8H2,(H3,26,27)/t18-,22+,23+/m0/s1. The second-order valence-corrected chi connectivity index (χ2v) is 8.33. The fourth-order valence-corrected chi connectivity index (χ4v) is 5.30. The number of hydrogen-bond acceptors (Lipinski definition) is 3. The van der Waals surface area contributed by atoms with Crippen molar-refractivity contribution >= 4 is 23.1 Å². The van der Waals surface area contributed by atoms with Gasteiger partial charge in [-0.2, -0.15) is 0 Å². The molecule has 0 aromatic heterocycles. The molecule has 3 atom stereocenters. The van der Waals surface area contributed by atoms with Crippen molar-refractivity contribution in [2.45, 2.75) is 24.8 Å². The maximum absolute atomic E-state index is 9.80. The number of nitrogen functional groups attached to an aromatic ring is 1. The van der Waals surface area contributed by atoms with Crippen LogP contribution >= 0.6 is 11.6 Å². The van der Waals surface area contributed by atoms with Gasteiger partial charge in [-0.15, -0.1) is 0 Å². The molecule has 1 aliphatic carbocycles. The van der Waals surface area contributed by atoms with Crippen molar-refractivity contribution in [1.82, 2.24) is 0 Å². The lowest BCUT2D eigenvalue weighted by Crippen LogP contribution is -2.35. The number of aryl methyl sites for hydroxylation is 1. The molecule has 5 rings (SSSR count). The SMILES string of the molecule is N=C(N)c1ccc2c(c1)[C@@H]1c3ccccc3CC[C@@H]1[C@@H](c1ccc(O)cc1Cl)N2. The molecule has 0 saturated carbocycles. The Hall–Kier alpha value is -2.98. The van der Waals surface area contributed by atoms with Crippen LogP contribution in [0.15, 0.2) is 60.7 Å². The Morgan fingerprint density at radius 2 is 1.86 bits per heavy atom. The van der Waals surface area contributed by atoms with Crippen molar-refractivity contribution in [1.29, 1.82) is 5.41 Å². The van der Waals surface area contributed by atoms with Gasteiger partial charge in [-0.3, -0.25) is 5.41 Å². The highest BCUT2D eigenvalue weighted by Crippen LogP contribution is 2.53. The number of halogens is 1. The number of phenols is 1. The van der Waals surface area contributed by atoms with Crippen molar-refractivity contribution in [3.05, 3.63) is 93.5 Å². The van der Waals surface area contributed by atoms with Gasteiger partial charge in [0.15, 0.2) is 0 Å². The van der Waals surface area contributed by atoms with Gasteiger partial charge in [-0.25, -0.2) is 0 Å². The molecule has 0 amide bonds. The Kier molecular flexibility index (Phi) is 4.25. The summed E-state index contributed by atoms with van der Waals surface area (Å²) in [5.41, 5.74) is 12.5. The van der Waals surface area contributed by atoms with Crippen molar-refractivity contribution in [2.75, 3.05) is 5.32 Å². The molecule has 0 saturated heterocycles. The van der Waals surface area contributed by atoms with Crippen molar-refractivity contribution in [3.63, 3.8) is 0 Å². The number of aromatic hydroxyl groups is 1. The van der Waals surface area contributed by atoms with Gasteiger partial charge in [0.1, 0.15) is 11.6 Å². The van der Waals surface area contributed by atoms with Gasteiger partial charge in [0.2, 0.25) is 0 Å². The summed E-state index contributed by atoms with van der Waals surface area (Å²) in [6, 6.07) is 19.9. The topological polar surface area (TPSA) is 82.1 Å². The average Bonchev–Trinajstić information content (AvgIpc) is 2.72. The Bertz CT molecular complexity index is 1130. The van der Waals surface area contributed by atoms with E-state index in [-0.39, 0.29) is 23.5 Å². The summed E-state index contributed by atoms with van der Waals surface area (Å²) in [6.45, 7) is 0. The predicted octanol–water partition coefficient (Wildman–Crippen LogP) is 5.19. The van der Waals surface area contributed by atoms with Crippen LogP contribution in [-0.4, -0.2) is 10.9 Å². The number of nitrogens with two attached hydrogens (primary N) is 1. The van der Waals surface area contributed by atoms with E-state index in [1.807, 2.05) is 18.2 Å². The molecule has 2 aliphatic rings. The van der Waals surface area contributed by atoms with E-state index in [4.69, 9.17) is 22.7 Å². The van der Waals surface area contributed by atoms with Gasteiger partial charge in [0.05, 0.1) is 6.04 Å². The Balaban J connectivity index is 1.71. The van der Waals surface area contributed by atoms with Gasteiger partial charge < -0.3 is 16.2 Å². The summed E-state index contributed by atoms with van der Waals surface area (Å²) in [7, 11) is 0. The van der Waals surface area contributed by atoms with E-state index >= 15 is 0 Å². The van der Waals surface area contributed by atoms with Crippen LogP contribution in [0.4, 0.5) is 5.69 Å². The third-order valence-electron chi connectivity index (χ3n) is 6.32. The second kappa shape index (κ2) is 6.82. The lowest BCUT2D eigenvalue weighted by molar-refractivity contribution is 0.348. The largest absolute Gasteiger partial charge is 0.508 e. The summed E-state index contributed by atoms with van der Waals surface area (Å²) in [4.78, 5) is 0. The van der Waals surface area contributed by atoms with Crippen LogP contribution in [0, 0.1) is 11.3 Å². The van der Waals surface area contributed by atoms with E-state index < -0.39 is 0 Å². The molecular weight excluding hydrogens is 382 g/mol. The van der Waals surface area contributed by atoms with Crippen LogP contribution in [0.2, 0.25) is 5.02 Å². The van der Waals surface area contributed by atoms with Crippen molar-refractivity contribution in [3.8, 4) is 5.75 Å². The monoisotopic (exact) mass is 403 g/mol. The summed E-state index contributed by atoms with van der Waals surface area (Å²) in [6.07, 6.45) is 2.05. The number of rotatable bonds is 2. The molecule has 146 valence electrons. The van der Waals surface area contributed by atoms with Crippen molar-refractivity contribution in [2.24, 2.45) is 11.7 Å². The van der Waals surface area contributed by atoms with Crippen LogP contribution < -0.4 is 11.1 Å². The minimum Gasteiger partial charge on any atom is -0.508 e. The number of fused-ring (bicyclic) bond motifs is 5. The normalized spacial score (nSPS) is 22.0. The van der Waals surface area contributed by atoms with Crippen LogP contribution in [0.1, 0.15) is 46.2 Å². The Morgan fingerprint density at radius 3 is 2.66 bits per heavy atom. The zero-order chi connectivity index (χ0) is 20.1. The molecule has 5 heteroatoms. The van der Waals surface area contributed by atoms with E-state index in [2.05, 4.69) is 35.6 Å². The quantitative estimate of drug-likeness (QED) is 0.351. The van der Waals surface area contributed by atoms with E-state index in [0.29, 0.717) is 10.9 Å². The molecule has 3 aromatic rings. The van der Waals surface area contributed by atoms with Crippen LogP contribution in [0.3, 0.4) is 0 Å². The third kappa shape index (κ3) is 2.95. The first-order valence-electron chi connectivity index (χ1n) is 9.84. The van der Waals surface area contributed by atoms with Gasteiger partial charge in [-0.05, 0) is 71.3 Å². The van der Waals surface area contributed by atoms with Crippen molar-refractivity contribution < 1.29 is 5.11 Å². The molecule has 1 aliphatic heterocycles. The molecular formula is C24H22ClN3O. The zero-order valence-corrected chi connectivity index (χ0v) is 16.6. The highest BCUT2D eigenvalue weighted by molar-refractivity contribution is 6.31. The number of benzene rings is 3. The molecule has 0 bridgehead atoms. The fourth-order valence-electron chi connectivity index (χ4n) is 5.01. The summed E-state index contributed by atoms with van der Waals surface area (Å²) < 4.78 is 0. The zero-order valence-electron chi connectivity index (χ0n) is 15.8. The molecule has 0 unspecified atom stereocenters. The average molecular weight is 404 g/mol. The molecule has 3 aromatic carbocycles. The van der Waals surface area contributed by atoms with Crippen LogP contribution in [0.5, 0.6) is 5.75 Å². The Morgan fingerprint density at radius 1 is 1.03 bits per heavy atom. The molecule has 0 spiro atoms.